The van der Waals surface area contributed by atoms with Crippen LogP contribution in [-0.2, 0) is 4.79 Å². The summed E-state index contributed by atoms with van der Waals surface area (Å²) in [7, 11) is 1.76. The first-order valence-corrected chi connectivity index (χ1v) is 9.54. The normalized spacial score (nSPS) is 21.6. The van der Waals surface area contributed by atoms with Crippen molar-refractivity contribution in [2.45, 2.75) is 43.9 Å². The van der Waals surface area contributed by atoms with E-state index < -0.39 is 0 Å². The zero-order valence-corrected chi connectivity index (χ0v) is 16.0. The predicted octanol–water partition coefficient (Wildman–Crippen LogP) is 3.15. The van der Waals surface area contributed by atoms with E-state index in [0.717, 1.165) is 0 Å². The number of likely N-dealkylation sites (N-methyl/N-ethyl adjacent to an activating group) is 1. The van der Waals surface area contributed by atoms with Crippen LogP contribution in [0.3, 0.4) is 0 Å². The molecule has 1 aliphatic rings. The predicted molar refractivity (Wildman–Crippen MR) is 96.7 cm³/mol. The molecule has 2 heterocycles. The molecule has 1 saturated heterocycles. The molecule has 7 heteroatoms. The summed E-state index contributed by atoms with van der Waals surface area (Å²) in [6.45, 7) is 8.87. The molecule has 2 rings (SSSR count). The van der Waals surface area contributed by atoms with Crippen molar-refractivity contribution in [3.63, 3.8) is 0 Å². The van der Waals surface area contributed by atoms with E-state index in [1.54, 1.807) is 35.0 Å². The SMILES string of the molecule is C[C@@H]1S[C@@H](c2cccs2)N(CCN(C)C(=O)NC(C)(C)C)C1=O. The third-order valence-electron chi connectivity index (χ3n) is 3.54. The molecule has 0 spiro atoms. The second-order valence-electron chi connectivity index (χ2n) is 6.78. The second-order valence-corrected chi connectivity index (χ2v) is 9.18. The van der Waals surface area contributed by atoms with E-state index in [-0.39, 0.29) is 28.1 Å². The molecule has 23 heavy (non-hydrogen) atoms. The third-order valence-corrected chi connectivity index (χ3v) is 5.99. The van der Waals surface area contributed by atoms with Crippen molar-refractivity contribution in [1.29, 1.82) is 0 Å². The van der Waals surface area contributed by atoms with Crippen molar-refractivity contribution in [3.8, 4) is 0 Å². The van der Waals surface area contributed by atoms with Gasteiger partial charge >= 0.3 is 6.03 Å². The van der Waals surface area contributed by atoms with Crippen LogP contribution >= 0.6 is 23.1 Å². The van der Waals surface area contributed by atoms with E-state index in [2.05, 4.69) is 11.4 Å². The van der Waals surface area contributed by atoms with Gasteiger partial charge in [0.1, 0.15) is 5.37 Å². The number of hydrogen-bond acceptors (Lipinski definition) is 4. The molecule has 0 aliphatic carbocycles. The fourth-order valence-electron chi connectivity index (χ4n) is 2.33. The van der Waals surface area contributed by atoms with Crippen LogP contribution in [0.1, 0.15) is 37.9 Å². The van der Waals surface area contributed by atoms with Crippen molar-refractivity contribution in [2.24, 2.45) is 0 Å². The van der Waals surface area contributed by atoms with Crippen molar-refractivity contribution >= 4 is 35.0 Å². The molecule has 2 atom stereocenters. The molecular formula is C16H25N3O2S2. The van der Waals surface area contributed by atoms with Crippen molar-refractivity contribution < 1.29 is 9.59 Å². The zero-order chi connectivity index (χ0) is 17.2. The topological polar surface area (TPSA) is 52.6 Å². The molecule has 0 aromatic carbocycles. The Morgan fingerprint density at radius 3 is 2.70 bits per heavy atom. The molecule has 0 bridgehead atoms. The second kappa shape index (κ2) is 7.13. The first-order chi connectivity index (χ1) is 10.7. The number of rotatable bonds is 4. The Hall–Kier alpha value is -1.21. The number of carbonyl (C=O) groups excluding carboxylic acids is 2. The maximum atomic E-state index is 12.4. The summed E-state index contributed by atoms with van der Waals surface area (Å²) in [5.74, 6) is 0.151. The largest absolute Gasteiger partial charge is 0.333 e. The molecule has 1 N–H and O–H groups in total. The van der Waals surface area contributed by atoms with E-state index in [1.807, 2.05) is 44.0 Å². The molecule has 0 unspecified atom stereocenters. The Morgan fingerprint density at radius 2 is 2.13 bits per heavy atom. The highest BCUT2D eigenvalue weighted by Crippen LogP contribution is 2.44. The Balaban J connectivity index is 1.97. The smallest absolute Gasteiger partial charge is 0.317 e. The number of carbonyl (C=O) groups is 2. The molecule has 1 aliphatic heterocycles. The van der Waals surface area contributed by atoms with Crippen molar-refractivity contribution in [2.75, 3.05) is 20.1 Å². The van der Waals surface area contributed by atoms with Crippen LogP contribution in [0, 0.1) is 0 Å². The fourth-order valence-corrected chi connectivity index (χ4v) is 4.59. The quantitative estimate of drug-likeness (QED) is 0.903. The fraction of sp³-hybridized carbons (Fsp3) is 0.625. The van der Waals surface area contributed by atoms with Gasteiger partial charge in [0.2, 0.25) is 5.91 Å². The summed E-state index contributed by atoms with van der Waals surface area (Å²) in [5.41, 5.74) is -0.265. The summed E-state index contributed by atoms with van der Waals surface area (Å²) >= 11 is 3.35. The highest BCUT2D eigenvalue weighted by Gasteiger charge is 2.38. The van der Waals surface area contributed by atoms with Crippen LogP contribution in [0.25, 0.3) is 0 Å². The number of nitrogens with zero attached hydrogens (tertiary/aromatic N) is 2. The van der Waals surface area contributed by atoms with Crippen LogP contribution in [0.5, 0.6) is 0 Å². The summed E-state index contributed by atoms with van der Waals surface area (Å²) in [4.78, 5) is 29.3. The number of thioether (sulfide) groups is 1. The van der Waals surface area contributed by atoms with Gasteiger partial charge in [-0.05, 0) is 39.1 Å². The van der Waals surface area contributed by atoms with Gasteiger partial charge in [0.05, 0.1) is 5.25 Å². The minimum atomic E-state index is -0.265. The average molecular weight is 356 g/mol. The lowest BCUT2D eigenvalue weighted by molar-refractivity contribution is -0.129. The molecule has 0 saturated carbocycles. The number of nitrogens with one attached hydrogen (secondary N) is 1. The lowest BCUT2D eigenvalue weighted by atomic mass is 10.1. The molecule has 1 aromatic heterocycles. The van der Waals surface area contributed by atoms with Gasteiger partial charge in [-0.25, -0.2) is 4.79 Å². The van der Waals surface area contributed by atoms with E-state index in [4.69, 9.17) is 0 Å². The van der Waals surface area contributed by atoms with Crippen LogP contribution in [0.4, 0.5) is 4.79 Å². The molecule has 3 amide bonds. The van der Waals surface area contributed by atoms with Gasteiger partial charge in [0, 0.05) is 30.6 Å². The minimum Gasteiger partial charge on any atom is -0.333 e. The lowest BCUT2D eigenvalue weighted by Gasteiger charge is -2.28. The molecule has 1 fully saturated rings. The summed E-state index contributed by atoms with van der Waals surface area (Å²) < 4.78 is 0. The monoisotopic (exact) mass is 355 g/mol. The Bertz CT molecular complexity index is 554. The highest BCUT2D eigenvalue weighted by molar-refractivity contribution is 8.01. The minimum absolute atomic E-state index is 0.0317. The number of amides is 3. The molecular weight excluding hydrogens is 330 g/mol. The van der Waals surface area contributed by atoms with Gasteiger partial charge in [0.25, 0.3) is 0 Å². The number of urea groups is 1. The number of thiophene rings is 1. The molecule has 0 radical (unpaired) electrons. The van der Waals surface area contributed by atoms with E-state index in [0.29, 0.717) is 13.1 Å². The maximum absolute atomic E-state index is 12.4. The van der Waals surface area contributed by atoms with Crippen molar-refractivity contribution in [1.82, 2.24) is 15.1 Å². The highest BCUT2D eigenvalue weighted by atomic mass is 32.2. The summed E-state index contributed by atoms with van der Waals surface area (Å²) in [6.07, 6.45) is 0. The number of hydrogen-bond donors (Lipinski definition) is 1. The molecule has 1 aromatic rings. The van der Waals surface area contributed by atoms with Gasteiger partial charge in [-0.1, -0.05) is 6.07 Å². The van der Waals surface area contributed by atoms with Gasteiger partial charge < -0.3 is 15.1 Å². The first-order valence-electron chi connectivity index (χ1n) is 7.71. The standard InChI is InChI=1S/C16H25N3O2S2/c1-11-13(20)19(14(23-11)12-7-6-10-22-12)9-8-18(5)15(21)17-16(2,3)4/h6-7,10-11,14H,8-9H2,1-5H3,(H,17,21)/t11-,14-/m0/s1. The first kappa shape index (κ1) is 18.1. The van der Waals surface area contributed by atoms with E-state index in [1.165, 1.54) is 4.88 Å². The van der Waals surface area contributed by atoms with Crippen LogP contribution < -0.4 is 5.32 Å². The van der Waals surface area contributed by atoms with Gasteiger partial charge in [-0.2, -0.15) is 0 Å². The zero-order valence-electron chi connectivity index (χ0n) is 14.3. The average Bonchev–Trinajstić information content (AvgIpc) is 3.05. The van der Waals surface area contributed by atoms with Crippen LogP contribution in [0.2, 0.25) is 0 Å². The summed E-state index contributed by atoms with van der Waals surface area (Å²) in [5, 5.41) is 5.00. The summed E-state index contributed by atoms with van der Waals surface area (Å²) in [6, 6.07) is 3.96. The van der Waals surface area contributed by atoms with Gasteiger partial charge in [-0.3, -0.25) is 4.79 Å². The van der Waals surface area contributed by atoms with Crippen molar-refractivity contribution in [3.05, 3.63) is 22.4 Å². The maximum Gasteiger partial charge on any atom is 0.317 e. The van der Waals surface area contributed by atoms with Gasteiger partial charge in [0.15, 0.2) is 0 Å². The molecule has 128 valence electrons. The third kappa shape index (κ3) is 4.64. The van der Waals surface area contributed by atoms with E-state index >= 15 is 0 Å². The Kier molecular flexibility index (Phi) is 5.62. The lowest BCUT2D eigenvalue weighted by Crippen LogP contribution is -2.49. The van der Waals surface area contributed by atoms with Gasteiger partial charge in [-0.15, -0.1) is 23.1 Å². The van der Waals surface area contributed by atoms with Crippen LogP contribution in [-0.4, -0.2) is 52.7 Å². The Morgan fingerprint density at radius 1 is 1.43 bits per heavy atom. The molecule has 5 nitrogen and oxygen atoms in total. The van der Waals surface area contributed by atoms with E-state index in [9.17, 15) is 9.59 Å². The Labute approximate surface area is 146 Å². The van der Waals surface area contributed by atoms with Crippen LogP contribution in [0.15, 0.2) is 17.5 Å².